The molecule has 0 aromatic heterocycles. The molecule has 0 N–H and O–H groups in total. The fraction of sp³-hybridized carbons (Fsp3) is 1.00. The van der Waals surface area contributed by atoms with E-state index in [2.05, 4.69) is 26.6 Å². The van der Waals surface area contributed by atoms with Gasteiger partial charge in [-0.05, 0) is 0 Å². The van der Waals surface area contributed by atoms with Crippen molar-refractivity contribution in [3.8, 4) is 0 Å². The van der Waals surface area contributed by atoms with Crippen molar-refractivity contribution < 1.29 is 0 Å². The lowest BCUT2D eigenvalue weighted by molar-refractivity contribution is 1.41. The maximum atomic E-state index is 2.58. The molecule has 0 aromatic rings. The Morgan fingerprint density at radius 2 is 1.62 bits per heavy atom. The number of rotatable bonds is 1. The third kappa shape index (κ3) is 0.703. The lowest BCUT2D eigenvalue weighted by Crippen LogP contribution is -2.24. The molecule has 48 valence electrons. The lowest BCUT2D eigenvalue weighted by atomic mass is 11.0. The van der Waals surface area contributed by atoms with Crippen LogP contribution in [0, 0.1) is 0 Å². The fourth-order valence-corrected chi connectivity index (χ4v) is 19.7. The van der Waals surface area contributed by atoms with Gasteiger partial charge < -0.3 is 0 Å². The molecule has 0 amide bonds. The normalized spacial score (nSPS) is 42.0. The molecule has 1 rings (SSSR count). The first-order chi connectivity index (χ1) is 3.52. The Kier molecular flexibility index (Phi) is 1.21. The first kappa shape index (κ1) is 6.55. The van der Waals surface area contributed by atoms with E-state index in [9.17, 15) is 0 Å². The minimum Gasteiger partial charge on any atom is -0.0715 e. The summed E-state index contributed by atoms with van der Waals surface area (Å²) in [6, 6.07) is 1.55. The van der Waals surface area contributed by atoms with Crippen LogP contribution in [0.3, 0.4) is 0 Å². The average Bonchev–Trinajstić information content (AvgIpc) is 2.10. The summed E-state index contributed by atoms with van der Waals surface area (Å²) in [4.78, 5) is 0. The van der Waals surface area contributed by atoms with E-state index in [4.69, 9.17) is 0 Å². The van der Waals surface area contributed by atoms with E-state index in [0.717, 1.165) is 0 Å². The Hall–Kier alpha value is 0.434. The van der Waals surface area contributed by atoms with Gasteiger partial charge in [-0.1, -0.05) is 38.3 Å². The van der Waals surface area contributed by atoms with Crippen LogP contribution in [0.25, 0.3) is 0 Å². The Labute approximate surface area is 54.1 Å². The third-order valence-electron chi connectivity index (χ3n) is 3.12. The third-order valence-corrected chi connectivity index (χ3v) is 24.5. The van der Waals surface area contributed by atoms with Crippen molar-refractivity contribution in [1.29, 1.82) is 0 Å². The van der Waals surface area contributed by atoms with E-state index in [1.54, 1.807) is 11.7 Å². The molecule has 0 aliphatic carbocycles. The van der Waals surface area contributed by atoms with Gasteiger partial charge in [0.1, 0.15) is 0 Å². The first-order valence-corrected chi connectivity index (χ1v) is 10.6. The largest absolute Gasteiger partial charge is 0.0715 e. The summed E-state index contributed by atoms with van der Waals surface area (Å²) in [6.45, 7) is 10.1. The zero-order valence-corrected chi connectivity index (χ0v) is 8.41. The summed E-state index contributed by atoms with van der Waals surface area (Å²) in [5, 5.41) is 0. The van der Waals surface area contributed by atoms with Crippen molar-refractivity contribution in [1.82, 2.24) is 0 Å². The van der Waals surface area contributed by atoms with E-state index in [0.29, 0.717) is 0 Å². The van der Waals surface area contributed by atoms with Gasteiger partial charge in [-0.2, -0.15) is 0 Å². The molecular formula is C6H16Si2. The van der Waals surface area contributed by atoms with Crippen LogP contribution in [-0.2, 0) is 0 Å². The Bertz CT molecular complexity index is 109. The summed E-state index contributed by atoms with van der Waals surface area (Å²) in [5.74, 6) is 0. The van der Waals surface area contributed by atoms with Gasteiger partial charge in [0.2, 0.25) is 0 Å². The maximum absolute atomic E-state index is 2.58. The summed E-state index contributed by atoms with van der Waals surface area (Å²) >= 11 is 0. The van der Waals surface area contributed by atoms with Gasteiger partial charge in [0.25, 0.3) is 0 Å². The smallest absolute Gasteiger partial charge is 0.0410 e. The molecule has 1 heterocycles. The molecular weight excluding hydrogens is 128 g/mol. The molecule has 1 aliphatic heterocycles. The van der Waals surface area contributed by atoms with E-state index in [1.165, 1.54) is 0 Å². The average molecular weight is 144 g/mol. The molecule has 0 radical (unpaired) electrons. The fourth-order valence-electron chi connectivity index (χ4n) is 1.53. The molecule has 0 nitrogen and oxygen atoms in total. The standard InChI is InChI=1S/C6H16Si2/c1-5-8(4)6-7(8,2)3/h5-6H2,1-4H3. The molecule has 1 saturated heterocycles. The molecule has 0 bridgehead atoms. The summed E-state index contributed by atoms with van der Waals surface area (Å²) in [6.07, 6.45) is 0. The predicted octanol–water partition coefficient (Wildman–Crippen LogP) is 2.42. The van der Waals surface area contributed by atoms with Crippen LogP contribution in [0.15, 0.2) is 0 Å². The van der Waals surface area contributed by atoms with Crippen LogP contribution in [-0.4, -0.2) is 15.2 Å². The predicted molar refractivity (Wildman–Crippen MR) is 44.4 cm³/mol. The lowest BCUT2D eigenvalue weighted by Gasteiger charge is -2.06. The molecule has 0 spiro atoms. The monoisotopic (exact) mass is 144 g/mol. The van der Waals surface area contributed by atoms with Crippen molar-refractivity contribution in [2.75, 3.05) is 0 Å². The van der Waals surface area contributed by atoms with Crippen molar-refractivity contribution in [2.24, 2.45) is 0 Å². The van der Waals surface area contributed by atoms with Gasteiger partial charge in [0, 0.05) is 15.2 Å². The van der Waals surface area contributed by atoms with Crippen molar-refractivity contribution in [3.63, 3.8) is 0 Å². The quantitative estimate of drug-likeness (QED) is 0.496. The summed E-state index contributed by atoms with van der Waals surface area (Å²) < 4.78 is 0. The second-order valence-electron chi connectivity index (χ2n) is 3.97. The topological polar surface area (TPSA) is 0 Å². The van der Waals surface area contributed by atoms with E-state index >= 15 is 0 Å². The van der Waals surface area contributed by atoms with Gasteiger partial charge in [-0.15, -0.1) is 0 Å². The van der Waals surface area contributed by atoms with Gasteiger partial charge in [-0.25, -0.2) is 0 Å². The molecule has 0 saturated carbocycles. The molecule has 1 unspecified atom stereocenters. The number of hydrogen-bond acceptors (Lipinski definition) is 0. The Balaban J connectivity index is 2.55. The van der Waals surface area contributed by atoms with Crippen LogP contribution in [0.4, 0.5) is 0 Å². The summed E-state index contributed by atoms with van der Waals surface area (Å²) in [5.41, 5.74) is 1.70. The van der Waals surface area contributed by atoms with Crippen molar-refractivity contribution in [3.05, 3.63) is 0 Å². The molecule has 1 atom stereocenters. The zero-order valence-electron chi connectivity index (χ0n) is 6.41. The van der Waals surface area contributed by atoms with Gasteiger partial charge in [0.05, 0.1) is 0 Å². The first-order valence-electron chi connectivity index (χ1n) is 3.52. The molecule has 8 heavy (non-hydrogen) atoms. The van der Waals surface area contributed by atoms with Crippen LogP contribution < -0.4 is 0 Å². The molecule has 1 aliphatic rings. The highest BCUT2D eigenvalue weighted by molar-refractivity contribution is 7.58. The second kappa shape index (κ2) is 1.48. The van der Waals surface area contributed by atoms with Crippen LogP contribution in [0.1, 0.15) is 6.92 Å². The minimum absolute atomic E-state index is 0.470. The highest BCUT2D eigenvalue weighted by Gasteiger charge is 2.58. The number of hydrogen-bond donors (Lipinski definition) is 0. The van der Waals surface area contributed by atoms with Crippen LogP contribution in [0.2, 0.25) is 31.4 Å². The highest BCUT2D eigenvalue weighted by atomic mass is 29.3. The van der Waals surface area contributed by atoms with Gasteiger partial charge >= 0.3 is 0 Å². The Morgan fingerprint density at radius 3 is 1.62 bits per heavy atom. The van der Waals surface area contributed by atoms with Gasteiger partial charge in [0.15, 0.2) is 0 Å². The highest BCUT2D eigenvalue weighted by Crippen LogP contribution is 2.46. The SMILES string of the molecule is CC[Si]1(C)C[Si]1(C)C. The summed E-state index contributed by atoms with van der Waals surface area (Å²) in [7, 11) is -0.946. The van der Waals surface area contributed by atoms with E-state index in [1.807, 2.05) is 0 Å². The second-order valence-corrected chi connectivity index (χ2v) is 20.7. The minimum atomic E-state index is -0.476. The van der Waals surface area contributed by atoms with Crippen molar-refractivity contribution >= 4 is 15.2 Å². The van der Waals surface area contributed by atoms with E-state index < -0.39 is 15.2 Å². The van der Waals surface area contributed by atoms with Crippen molar-refractivity contribution in [2.45, 2.75) is 38.3 Å². The Morgan fingerprint density at radius 1 is 1.25 bits per heavy atom. The zero-order chi connectivity index (χ0) is 6.41. The molecule has 0 aromatic carbocycles. The van der Waals surface area contributed by atoms with Crippen LogP contribution >= 0.6 is 0 Å². The van der Waals surface area contributed by atoms with Gasteiger partial charge in [-0.3, -0.25) is 0 Å². The van der Waals surface area contributed by atoms with Crippen LogP contribution in [0.5, 0.6) is 0 Å². The molecule has 2 heteroatoms. The van der Waals surface area contributed by atoms with E-state index in [-0.39, 0.29) is 0 Å². The molecule has 1 fully saturated rings. The maximum Gasteiger partial charge on any atom is 0.0410 e.